The molecule has 14 heavy (non-hydrogen) atoms. The van der Waals surface area contributed by atoms with Crippen LogP contribution in [0, 0.1) is 6.92 Å². The number of nitrogens with zero attached hydrogens (tertiary/aromatic N) is 2. The molecular weight excluding hydrogens is 180 g/mol. The van der Waals surface area contributed by atoms with E-state index >= 15 is 0 Å². The number of aromatic hydroxyl groups is 1. The molecule has 0 saturated carbocycles. The highest BCUT2D eigenvalue weighted by Crippen LogP contribution is 2.24. The van der Waals surface area contributed by atoms with Crippen LogP contribution in [-0.2, 0) is 0 Å². The van der Waals surface area contributed by atoms with Crippen molar-refractivity contribution in [2.75, 3.05) is 0 Å². The van der Waals surface area contributed by atoms with Crippen molar-refractivity contribution in [1.29, 1.82) is 0 Å². The van der Waals surface area contributed by atoms with Gasteiger partial charge in [0.2, 0.25) is 5.88 Å². The third kappa shape index (κ3) is 1.21. The van der Waals surface area contributed by atoms with Gasteiger partial charge in [0.25, 0.3) is 0 Å². The Bertz CT molecular complexity index is 449. The molecule has 0 atom stereocenters. The van der Waals surface area contributed by atoms with E-state index in [1.807, 2.05) is 30.3 Å². The van der Waals surface area contributed by atoms with Crippen LogP contribution in [0.15, 0.2) is 30.3 Å². The number of benzene rings is 1. The van der Waals surface area contributed by atoms with E-state index in [1.165, 1.54) is 0 Å². The van der Waals surface area contributed by atoms with Crippen molar-refractivity contribution >= 4 is 0 Å². The first-order valence-electron chi connectivity index (χ1n) is 4.23. The molecule has 0 aliphatic heterocycles. The summed E-state index contributed by atoms with van der Waals surface area (Å²) in [5.41, 5.74) is 1.17. The molecule has 4 heteroatoms. The van der Waals surface area contributed by atoms with Crippen LogP contribution < -0.4 is 0 Å². The molecule has 72 valence electrons. The van der Waals surface area contributed by atoms with Crippen LogP contribution in [0.5, 0.6) is 5.88 Å². The van der Waals surface area contributed by atoms with Gasteiger partial charge in [-0.1, -0.05) is 30.3 Å². The standard InChI is InChI=1S/C10H10N2O2/c1-7-10(13)12(14)9(11-7)8-5-3-2-4-6-8/h2-6,13-14H,1H3. The number of imidazole rings is 1. The van der Waals surface area contributed by atoms with E-state index in [-0.39, 0.29) is 5.88 Å². The van der Waals surface area contributed by atoms with Crippen molar-refractivity contribution in [1.82, 2.24) is 9.71 Å². The fourth-order valence-electron chi connectivity index (χ4n) is 1.28. The van der Waals surface area contributed by atoms with Gasteiger partial charge in [-0.15, -0.1) is 4.73 Å². The molecule has 0 aliphatic carbocycles. The van der Waals surface area contributed by atoms with Gasteiger partial charge in [0.15, 0.2) is 5.82 Å². The van der Waals surface area contributed by atoms with Crippen molar-refractivity contribution in [3.63, 3.8) is 0 Å². The van der Waals surface area contributed by atoms with E-state index in [2.05, 4.69) is 4.98 Å². The molecule has 0 fully saturated rings. The molecule has 2 rings (SSSR count). The lowest BCUT2D eigenvalue weighted by Crippen LogP contribution is -1.93. The number of aryl methyl sites for hydroxylation is 1. The van der Waals surface area contributed by atoms with Gasteiger partial charge in [0.05, 0.1) is 0 Å². The Labute approximate surface area is 81.0 Å². The normalized spacial score (nSPS) is 10.4. The predicted octanol–water partition coefficient (Wildman–Crippen LogP) is 1.80. The van der Waals surface area contributed by atoms with Gasteiger partial charge in [-0.3, -0.25) is 0 Å². The highest BCUT2D eigenvalue weighted by atomic mass is 16.5. The van der Waals surface area contributed by atoms with E-state index < -0.39 is 0 Å². The maximum absolute atomic E-state index is 9.48. The van der Waals surface area contributed by atoms with Crippen LogP contribution in [0.2, 0.25) is 0 Å². The Morgan fingerprint density at radius 2 is 1.86 bits per heavy atom. The van der Waals surface area contributed by atoms with Gasteiger partial charge in [0, 0.05) is 5.56 Å². The van der Waals surface area contributed by atoms with Gasteiger partial charge < -0.3 is 10.3 Å². The summed E-state index contributed by atoms with van der Waals surface area (Å²) >= 11 is 0. The molecule has 0 saturated heterocycles. The predicted molar refractivity (Wildman–Crippen MR) is 51.2 cm³/mol. The summed E-state index contributed by atoms with van der Waals surface area (Å²) < 4.78 is 0.685. The van der Waals surface area contributed by atoms with E-state index in [0.717, 1.165) is 5.56 Å². The summed E-state index contributed by atoms with van der Waals surface area (Å²) in [6.45, 7) is 1.63. The summed E-state index contributed by atoms with van der Waals surface area (Å²) in [4.78, 5) is 4.04. The average molecular weight is 190 g/mol. The average Bonchev–Trinajstić information content (AvgIpc) is 2.47. The first kappa shape index (κ1) is 8.62. The largest absolute Gasteiger partial charge is 0.491 e. The Morgan fingerprint density at radius 1 is 1.21 bits per heavy atom. The third-order valence-corrected chi connectivity index (χ3v) is 2.03. The zero-order valence-corrected chi connectivity index (χ0v) is 7.68. The summed E-state index contributed by atoms with van der Waals surface area (Å²) in [6, 6.07) is 9.19. The second kappa shape index (κ2) is 3.06. The summed E-state index contributed by atoms with van der Waals surface area (Å²) in [5.74, 6) is 0.129. The Morgan fingerprint density at radius 3 is 2.36 bits per heavy atom. The van der Waals surface area contributed by atoms with Crippen LogP contribution in [-0.4, -0.2) is 20.0 Å². The minimum Gasteiger partial charge on any atom is -0.491 e. The monoisotopic (exact) mass is 190 g/mol. The SMILES string of the molecule is Cc1nc(-c2ccccc2)n(O)c1O. The topological polar surface area (TPSA) is 58.3 Å². The first-order valence-corrected chi connectivity index (χ1v) is 4.23. The lowest BCUT2D eigenvalue weighted by atomic mass is 10.2. The van der Waals surface area contributed by atoms with E-state index in [4.69, 9.17) is 0 Å². The Hall–Kier alpha value is -1.97. The molecule has 0 unspecified atom stereocenters. The van der Waals surface area contributed by atoms with Gasteiger partial charge in [-0.05, 0) is 6.92 Å². The van der Waals surface area contributed by atoms with Crippen LogP contribution in [0.25, 0.3) is 11.4 Å². The van der Waals surface area contributed by atoms with Crippen LogP contribution >= 0.6 is 0 Å². The second-order valence-electron chi connectivity index (χ2n) is 3.02. The summed E-state index contributed by atoms with van der Waals surface area (Å²) in [6.07, 6.45) is 0. The first-order chi connectivity index (χ1) is 6.70. The van der Waals surface area contributed by atoms with Crippen molar-refractivity contribution < 1.29 is 10.3 Å². The molecule has 0 radical (unpaired) electrons. The number of hydrogen-bond acceptors (Lipinski definition) is 3. The van der Waals surface area contributed by atoms with Gasteiger partial charge >= 0.3 is 0 Å². The maximum atomic E-state index is 9.48. The molecule has 0 bridgehead atoms. The number of hydrogen-bond donors (Lipinski definition) is 2. The highest BCUT2D eigenvalue weighted by Gasteiger charge is 2.13. The fourth-order valence-corrected chi connectivity index (χ4v) is 1.28. The smallest absolute Gasteiger partial charge is 0.248 e. The van der Waals surface area contributed by atoms with Crippen LogP contribution in [0.1, 0.15) is 5.69 Å². The lowest BCUT2D eigenvalue weighted by Gasteiger charge is -1.99. The molecule has 0 aliphatic rings. The molecule has 1 aromatic carbocycles. The minimum absolute atomic E-state index is 0.219. The van der Waals surface area contributed by atoms with E-state index in [0.29, 0.717) is 16.2 Å². The lowest BCUT2D eigenvalue weighted by molar-refractivity contribution is 0.159. The van der Waals surface area contributed by atoms with Gasteiger partial charge in [-0.2, -0.15) is 0 Å². The number of rotatable bonds is 1. The van der Waals surface area contributed by atoms with Gasteiger partial charge in [0.1, 0.15) is 5.69 Å². The Balaban J connectivity index is 2.58. The summed E-state index contributed by atoms with van der Waals surface area (Å²) in [5, 5.41) is 18.8. The quantitative estimate of drug-likeness (QED) is 0.674. The summed E-state index contributed by atoms with van der Waals surface area (Å²) in [7, 11) is 0. The molecule has 1 aromatic heterocycles. The minimum atomic E-state index is -0.219. The van der Waals surface area contributed by atoms with Crippen molar-refractivity contribution in [3.05, 3.63) is 36.0 Å². The second-order valence-corrected chi connectivity index (χ2v) is 3.02. The maximum Gasteiger partial charge on any atom is 0.248 e. The zero-order chi connectivity index (χ0) is 10.1. The van der Waals surface area contributed by atoms with E-state index in [1.54, 1.807) is 6.92 Å². The van der Waals surface area contributed by atoms with E-state index in [9.17, 15) is 10.3 Å². The zero-order valence-electron chi connectivity index (χ0n) is 7.68. The Kier molecular flexibility index (Phi) is 1.89. The molecule has 4 nitrogen and oxygen atoms in total. The highest BCUT2D eigenvalue weighted by molar-refractivity contribution is 5.56. The third-order valence-electron chi connectivity index (χ3n) is 2.03. The van der Waals surface area contributed by atoms with Crippen molar-refractivity contribution in [3.8, 4) is 17.3 Å². The van der Waals surface area contributed by atoms with Crippen molar-refractivity contribution in [2.45, 2.75) is 6.92 Å². The van der Waals surface area contributed by atoms with Crippen molar-refractivity contribution in [2.24, 2.45) is 0 Å². The van der Waals surface area contributed by atoms with Crippen LogP contribution in [0.3, 0.4) is 0 Å². The fraction of sp³-hybridized carbons (Fsp3) is 0.100. The molecule has 0 amide bonds. The van der Waals surface area contributed by atoms with Gasteiger partial charge in [-0.25, -0.2) is 4.98 Å². The number of aromatic nitrogens is 2. The molecule has 2 aromatic rings. The molecule has 0 spiro atoms. The van der Waals surface area contributed by atoms with Crippen LogP contribution in [0.4, 0.5) is 0 Å². The molecule has 1 heterocycles. The molecule has 2 N–H and O–H groups in total. The molecular formula is C10H10N2O2.